The molecule has 0 heterocycles. The third-order valence-corrected chi connectivity index (χ3v) is 6.33. The Morgan fingerprint density at radius 1 is 0.966 bits per heavy atom. The van der Waals surface area contributed by atoms with Crippen LogP contribution in [0.4, 0.5) is 30.7 Å². The highest BCUT2D eigenvalue weighted by atomic mass is 19.4. The van der Waals surface area contributed by atoms with Crippen LogP contribution in [-0.4, -0.2) is 29.6 Å². The second kappa shape index (κ2) is 6.95. The Balaban J connectivity index is 2.41. The standard InChI is InChI=1S/C19H22F7NO2/c1-10-4-11-6-12(5-10)8-15(2,7-11)13(28)16(3,9-27)14(29)17(20,21)18(22,23)19(24,25)26/h10-12H,4-8H2,1-3H3. The summed E-state index contributed by atoms with van der Waals surface area (Å²) < 4.78 is 92.0. The first-order valence-corrected chi connectivity index (χ1v) is 9.26. The van der Waals surface area contributed by atoms with Crippen molar-refractivity contribution in [3.63, 3.8) is 0 Å². The number of halogens is 7. The van der Waals surface area contributed by atoms with Crippen LogP contribution in [0.25, 0.3) is 0 Å². The van der Waals surface area contributed by atoms with Gasteiger partial charge in [-0.15, -0.1) is 0 Å². The Morgan fingerprint density at radius 2 is 1.41 bits per heavy atom. The molecule has 0 N–H and O–H groups in total. The Bertz CT molecular complexity index is 722. The molecular weight excluding hydrogens is 407 g/mol. The molecule has 0 spiro atoms. The molecular formula is C19H22F7NO2. The first kappa shape index (κ1) is 23.6. The van der Waals surface area contributed by atoms with E-state index in [1.165, 1.54) is 6.92 Å². The van der Waals surface area contributed by atoms with Gasteiger partial charge in [0, 0.05) is 5.41 Å². The van der Waals surface area contributed by atoms with Gasteiger partial charge in [0.15, 0.2) is 11.2 Å². The summed E-state index contributed by atoms with van der Waals surface area (Å²) in [5.41, 5.74) is -4.76. The maximum absolute atomic E-state index is 14.0. The van der Waals surface area contributed by atoms with Crippen molar-refractivity contribution in [1.82, 2.24) is 0 Å². The average molecular weight is 429 g/mol. The minimum atomic E-state index is -6.73. The highest BCUT2D eigenvalue weighted by Gasteiger charge is 2.78. The smallest absolute Gasteiger partial charge is 0.297 e. The van der Waals surface area contributed by atoms with E-state index in [4.69, 9.17) is 0 Å². The van der Waals surface area contributed by atoms with Gasteiger partial charge in [-0.05, 0) is 56.8 Å². The third-order valence-electron chi connectivity index (χ3n) is 6.33. The summed E-state index contributed by atoms with van der Waals surface area (Å²) in [5.74, 6) is -16.9. The van der Waals surface area contributed by atoms with E-state index in [2.05, 4.69) is 0 Å². The summed E-state index contributed by atoms with van der Waals surface area (Å²) in [6, 6.07) is 1.02. The Kier molecular flexibility index (Phi) is 5.66. The summed E-state index contributed by atoms with van der Waals surface area (Å²) in [4.78, 5) is 25.2. The molecule has 2 saturated carbocycles. The molecule has 0 aromatic carbocycles. The first-order valence-electron chi connectivity index (χ1n) is 9.26. The summed E-state index contributed by atoms with van der Waals surface area (Å²) in [5, 5.41) is 9.30. The van der Waals surface area contributed by atoms with Gasteiger partial charge in [0.1, 0.15) is 0 Å². The minimum Gasteiger partial charge on any atom is -0.297 e. The zero-order valence-corrected chi connectivity index (χ0v) is 16.2. The predicted octanol–water partition coefficient (Wildman–Crippen LogP) is 5.34. The molecule has 10 heteroatoms. The quantitative estimate of drug-likeness (QED) is 0.438. The van der Waals surface area contributed by atoms with Crippen LogP contribution in [0.15, 0.2) is 0 Å². The molecule has 2 rings (SSSR count). The van der Waals surface area contributed by atoms with Crippen LogP contribution in [0.5, 0.6) is 0 Å². The van der Waals surface area contributed by atoms with Crippen LogP contribution >= 0.6 is 0 Å². The van der Waals surface area contributed by atoms with E-state index in [0.717, 1.165) is 25.3 Å². The van der Waals surface area contributed by atoms with Crippen LogP contribution in [0.1, 0.15) is 52.9 Å². The summed E-state index contributed by atoms with van der Waals surface area (Å²) >= 11 is 0. The van der Waals surface area contributed by atoms with Gasteiger partial charge in [0.05, 0.1) is 6.07 Å². The molecule has 3 atom stereocenters. The van der Waals surface area contributed by atoms with E-state index in [9.17, 15) is 45.6 Å². The topological polar surface area (TPSA) is 57.9 Å². The molecule has 2 fully saturated rings. The lowest BCUT2D eigenvalue weighted by atomic mass is 9.55. The minimum absolute atomic E-state index is 0.0293. The molecule has 2 bridgehead atoms. The van der Waals surface area contributed by atoms with Crippen molar-refractivity contribution in [2.45, 2.75) is 70.9 Å². The van der Waals surface area contributed by atoms with Crippen LogP contribution < -0.4 is 0 Å². The number of rotatable bonds is 5. The second-order valence-electron chi connectivity index (χ2n) is 9.05. The largest absolute Gasteiger partial charge is 0.460 e. The normalized spacial score (nSPS) is 32.8. The number of carbonyl (C=O) groups excluding carboxylic acids is 2. The lowest BCUT2D eigenvalue weighted by molar-refractivity contribution is -0.344. The molecule has 0 saturated heterocycles. The lowest BCUT2D eigenvalue weighted by Gasteiger charge is -2.48. The number of ketones is 2. The Labute approximate surface area is 163 Å². The number of alkyl halides is 7. The average Bonchev–Trinajstić information content (AvgIpc) is 2.57. The maximum Gasteiger partial charge on any atom is 0.460 e. The highest BCUT2D eigenvalue weighted by molar-refractivity contribution is 6.14. The lowest BCUT2D eigenvalue weighted by Crippen LogP contribution is -2.62. The SMILES string of the molecule is CC1CC2CC(C1)CC(C)(C(=O)C(C)(C#N)C(=O)C(F)(F)C(F)(F)C(F)(F)F)C2. The van der Waals surface area contributed by atoms with Crippen LogP contribution in [0.3, 0.4) is 0 Å². The molecule has 2 aliphatic carbocycles. The van der Waals surface area contributed by atoms with Crippen molar-refractivity contribution < 1.29 is 40.3 Å². The number of carbonyl (C=O) groups is 2. The number of nitrogens with zero attached hydrogens (tertiary/aromatic N) is 1. The Hall–Kier alpha value is -1.66. The predicted molar refractivity (Wildman–Crippen MR) is 87.0 cm³/mol. The van der Waals surface area contributed by atoms with E-state index < -0.39 is 40.4 Å². The number of Topliss-reactive ketones (excluding diaryl/α,β-unsaturated/α-hetero) is 2. The van der Waals surface area contributed by atoms with E-state index in [0.29, 0.717) is 12.8 Å². The zero-order chi connectivity index (χ0) is 22.6. The van der Waals surface area contributed by atoms with Gasteiger partial charge < -0.3 is 0 Å². The fraction of sp³-hybridized carbons (Fsp3) is 0.842. The number of hydrogen-bond acceptors (Lipinski definition) is 3. The third kappa shape index (κ3) is 3.66. The van der Waals surface area contributed by atoms with E-state index in [-0.39, 0.29) is 24.7 Å². The van der Waals surface area contributed by atoms with Crippen LogP contribution in [0.2, 0.25) is 0 Å². The highest BCUT2D eigenvalue weighted by Crippen LogP contribution is 2.54. The molecule has 0 radical (unpaired) electrons. The zero-order valence-electron chi connectivity index (χ0n) is 16.2. The summed E-state index contributed by atoms with van der Waals surface area (Å²) in [6.07, 6.45) is -4.12. The molecule has 0 aromatic rings. The molecule has 2 aliphatic rings. The van der Waals surface area contributed by atoms with Crippen molar-refractivity contribution in [3.8, 4) is 6.07 Å². The molecule has 164 valence electrons. The van der Waals surface area contributed by atoms with Crippen molar-refractivity contribution in [1.29, 1.82) is 5.26 Å². The van der Waals surface area contributed by atoms with Gasteiger partial charge in [0.2, 0.25) is 5.78 Å². The molecule has 0 amide bonds. The summed E-state index contributed by atoms with van der Waals surface area (Å²) in [7, 11) is 0. The van der Waals surface area contributed by atoms with Crippen LogP contribution in [-0.2, 0) is 9.59 Å². The van der Waals surface area contributed by atoms with E-state index in [1.54, 1.807) is 0 Å². The number of fused-ring (bicyclic) bond motifs is 2. The molecule has 3 unspecified atom stereocenters. The van der Waals surface area contributed by atoms with Gasteiger partial charge in [-0.1, -0.05) is 13.8 Å². The van der Waals surface area contributed by atoms with Crippen LogP contribution in [0, 0.1) is 39.9 Å². The fourth-order valence-electron chi connectivity index (χ4n) is 5.22. The van der Waals surface area contributed by atoms with Crippen molar-refractivity contribution in [3.05, 3.63) is 0 Å². The molecule has 3 nitrogen and oxygen atoms in total. The molecule has 0 aromatic heterocycles. The van der Waals surface area contributed by atoms with E-state index >= 15 is 0 Å². The second-order valence-corrected chi connectivity index (χ2v) is 9.05. The Morgan fingerprint density at radius 3 is 1.79 bits per heavy atom. The monoisotopic (exact) mass is 429 g/mol. The van der Waals surface area contributed by atoms with Crippen molar-refractivity contribution >= 4 is 11.6 Å². The maximum atomic E-state index is 14.0. The van der Waals surface area contributed by atoms with Gasteiger partial charge in [-0.3, -0.25) is 9.59 Å². The van der Waals surface area contributed by atoms with Crippen molar-refractivity contribution in [2.24, 2.45) is 28.6 Å². The van der Waals surface area contributed by atoms with E-state index in [1.807, 2.05) is 6.92 Å². The summed E-state index contributed by atoms with van der Waals surface area (Å²) in [6.45, 7) is 3.80. The number of nitriles is 1. The molecule has 0 aliphatic heterocycles. The van der Waals surface area contributed by atoms with Crippen molar-refractivity contribution in [2.75, 3.05) is 0 Å². The molecule has 29 heavy (non-hydrogen) atoms. The fourth-order valence-corrected chi connectivity index (χ4v) is 5.22. The van der Waals surface area contributed by atoms with Gasteiger partial charge in [0.25, 0.3) is 0 Å². The van der Waals surface area contributed by atoms with Gasteiger partial charge in [-0.2, -0.15) is 36.0 Å². The van der Waals surface area contributed by atoms with Gasteiger partial charge in [-0.25, -0.2) is 0 Å². The first-order chi connectivity index (χ1) is 12.9. The van der Waals surface area contributed by atoms with Gasteiger partial charge >= 0.3 is 18.0 Å². The number of hydrogen-bond donors (Lipinski definition) is 0.